The first-order valence-electron chi connectivity index (χ1n) is 5.91. The summed E-state index contributed by atoms with van der Waals surface area (Å²) in [6.07, 6.45) is 0. The maximum Gasteiger partial charge on any atom is 0.187 e. The van der Waals surface area contributed by atoms with E-state index in [-0.39, 0.29) is 5.56 Å². The summed E-state index contributed by atoms with van der Waals surface area (Å²) in [5.74, 6) is -0.692. The van der Waals surface area contributed by atoms with Crippen LogP contribution in [0.3, 0.4) is 0 Å². The maximum absolute atomic E-state index is 10.9. The van der Waals surface area contributed by atoms with Gasteiger partial charge in [0.1, 0.15) is 0 Å². The SMILES string of the molecule is O=C([O-])c1cccc(-n2nnnc2-c2ccccc2)c1. The summed E-state index contributed by atoms with van der Waals surface area (Å²) in [5.41, 5.74) is 1.49. The molecule has 0 atom stereocenters. The number of hydrogen-bond donors (Lipinski definition) is 0. The minimum Gasteiger partial charge on any atom is -0.545 e. The highest BCUT2D eigenvalue weighted by molar-refractivity contribution is 5.86. The van der Waals surface area contributed by atoms with Gasteiger partial charge in [-0.2, -0.15) is 4.68 Å². The van der Waals surface area contributed by atoms with E-state index < -0.39 is 5.97 Å². The van der Waals surface area contributed by atoms with Gasteiger partial charge in [-0.25, -0.2) is 0 Å². The first-order chi connectivity index (χ1) is 9.75. The van der Waals surface area contributed by atoms with E-state index in [0.29, 0.717) is 11.5 Å². The molecule has 0 saturated heterocycles. The molecule has 3 aromatic rings. The number of carbonyl (C=O) groups is 1. The van der Waals surface area contributed by atoms with Crippen LogP contribution in [0, 0.1) is 0 Å². The average molecular weight is 265 g/mol. The van der Waals surface area contributed by atoms with E-state index in [1.165, 1.54) is 16.8 Å². The van der Waals surface area contributed by atoms with Gasteiger partial charge < -0.3 is 9.90 Å². The van der Waals surface area contributed by atoms with Crippen molar-refractivity contribution in [1.29, 1.82) is 0 Å². The Morgan fingerprint density at radius 1 is 1.05 bits per heavy atom. The number of hydrogen-bond acceptors (Lipinski definition) is 5. The Morgan fingerprint density at radius 2 is 1.85 bits per heavy atom. The number of nitrogens with zero attached hydrogens (tertiary/aromatic N) is 4. The second-order valence-electron chi connectivity index (χ2n) is 4.12. The summed E-state index contributed by atoms with van der Waals surface area (Å²) < 4.78 is 1.49. The normalized spacial score (nSPS) is 10.4. The smallest absolute Gasteiger partial charge is 0.187 e. The molecule has 98 valence electrons. The van der Waals surface area contributed by atoms with Gasteiger partial charge in [-0.05, 0) is 28.1 Å². The largest absolute Gasteiger partial charge is 0.545 e. The Hall–Kier alpha value is -3.02. The average Bonchev–Trinajstić information content (AvgIpc) is 2.98. The number of carboxylic acid groups (broad SMARTS) is 1. The molecule has 6 heteroatoms. The van der Waals surface area contributed by atoms with Crippen LogP contribution in [0.4, 0.5) is 0 Å². The Bertz CT molecular complexity index is 753. The second kappa shape index (κ2) is 4.93. The van der Waals surface area contributed by atoms with Crippen LogP contribution in [0.5, 0.6) is 0 Å². The van der Waals surface area contributed by atoms with Crippen LogP contribution in [-0.4, -0.2) is 26.2 Å². The van der Waals surface area contributed by atoms with Gasteiger partial charge in [-0.15, -0.1) is 5.10 Å². The fraction of sp³-hybridized carbons (Fsp3) is 0. The molecule has 2 aromatic carbocycles. The summed E-state index contributed by atoms with van der Waals surface area (Å²) in [7, 11) is 0. The fourth-order valence-corrected chi connectivity index (χ4v) is 1.89. The summed E-state index contributed by atoms with van der Waals surface area (Å²) in [5, 5.41) is 22.4. The van der Waals surface area contributed by atoms with Crippen molar-refractivity contribution in [3.63, 3.8) is 0 Å². The van der Waals surface area contributed by atoms with Crippen molar-refractivity contribution in [3.8, 4) is 17.1 Å². The third kappa shape index (κ3) is 2.14. The number of aromatic carboxylic acids is 1. The molecular formula is C14H9N4O2-. The summed E-state index contributed by atoms with van der Waals surface area (Å²) in [6, 6.07) is 15.7. The molecule has 0 aliphatic carbocycles. The monoisotopic (exact) mass is 265 g/mol. The fourth-order valence-electron chi connectivity index (χ4n) is 1.89. The highest BCUT2D eigenvalue weighted by Gasteiger charge is 2.10. The first-order valence-corrected chi connectivity index (χ1v) is 5.91. The van der Waals surface area contributed by atoms with Crippen molar-refractivity contribution in [2.75, 3.05) is 0 Å². The zero-order valence-corrected chi connectivity index (χ0v) is 10.3. The molecule has 0 bridgehead atoms. The Kier molecular flexibility index (Phi) is 2.96. The molecule has 20 heavy (non-hydrogen) atoms. The van der Waals surface area contributed by atoms with Gasteiger partial charge in [0, 0.05) is 5.56 Å². The lowest BCUT2D eigenvalue weighted by atomic mass is 10.2. The van der Waals surface area contributed by atoms with Crippen LogP contribution in [0.1, 0.15) is 10.4 Å². The lowest BCUT2D eigenvalue weighted by Gasteiger charge is -2.07. The van der Waals surface area contributed by atoms with Gasteiger partial charge in [-0.1, -0.05) is 42.5 Å². The molecule has 0 aliphatic heterocycles. The minimum absolute atomic E-state index is 0.0806. The summed E-state index contributed by atoms with van der Waals surface area (Å²) in [6.45, 7) is 0. The third-order valence-electron chi connectivity index (χ3n) is 2.83. The molecular weight excluding hydrogens is 256 g/mol. The number of aromatic nitrogens is 4. The van der Waals surface area contributed by atoms with Crippen molar-refractivity contribution < 1.29 is 9.90 Å². The van der Waals surface area contributed by atoms with Gasteiger partial charge in [0.25, 0.3) is 0 Å². The van der Waals surface area contributed by atoms with Gasteiger partial charge in [0.15, 0.2) is 5.82 Å². The molecule has 6 nitrogen and oxygen atoms in total. The number of tetrazole rings is 1. The van der Waals surface area contributed by atoms with Gasteiger partial charge in [-0.3, -0.25) is 0 Å². The van der Waals surface area contributed by atoms with Crippen molar-refractivity contribution in [2.24, 2.45) is 0 Å². The van der Waals surface area contributed by atoms with E-state index >= 15 is 0 Å². The molecule has 0 saturated carbocycles. The first kappa shape index (κ1) is 12.0. The third-order valence-corrected chi connectivity index (χ3v) is 2.83. The zero-order chi connectivity index (χ0) is 13.9. The highest BCUT2D eigenvalue weighted by Crippen LogP contribution is 2.19. The highest BCUT2D eigenvalue weighted by atomic mass is 16.4. The van der Waals surface area contributed by atoms with E-state index in [2.05, 4.69) is 15.5 Å². The standard InChI is InChI=1S/C14H10N4O2/c19-14(20)11-7-4-8-12(9-11)18-13(15-16-17-18)10-5-2-1-3-6-10/h1-9H,(H,19,20)/p-1. The predicted octanol–water partition coefficient (Wildman–Crippen LogP) is 0.693. The number of carboxylic acids is 1. The van der Waals surface area contributed by atoms with Crippen molar-refractivity contribution in [1.82, 2.24) is 20.2 Å². The van der Waals surface area contributed by atoms with Crippen LogP contribution >= 0.6 is 0 Å². The van der Waals surface area contributed by atoms with Gasteiger partial charge in [0.2, 0.25) is 0 Å². The van der Waals surface area contributed by atoms with E-state index in [1.54, 1.807) is 12.1 Å². The molecule has 0 spiro atoms. The van der Waals surface area contributed by atoms with Crippen molar-refractivity contribution in [3.05, 3.63) is 60.2 Å². The molecule has 0 fully saturated rings. The quantitative estimate of drug-likeness (QED) is 0.695. The Labute approximate surface area is 114 Å². The van der Waals surface area contributed by atoms with Crippen LogP contribution in [0.25, 0.3) is 17.1 Å². The lowest BCUT2D eigenvalue weighted by Crippen LogP contribution is -2.22. The van der Waals surface area contributed by atoms with E-state index in [1.807, 2.05) is 30.3 Å². The van der Waals surface area contributed by atoms with Gasteiger partial charge >= 0.3 is 0 Å². The molecule has 0 radical (unpaired) electrons. The maximum atomic E-state index is 10.9. The molecule has 0 amide bonds. The minimum atomic E-state index is -1.24. The van der Waals surface area contributed by atoms with Crippen molar-refractivity contribution >= 4 is 5.97 Å². The molecule has 1 heterocycles. The number of benzene rings is 2. The molecule has 0 N–H and O–H groups in total. The predicted molar refractivity (Wildman–Crippen MR) is 68.9 cm³/mol. The van der Waals surface area contributed by atoms with E-state index in [0.717, 1.165) is 5.56 Å². The summed E-state index contributed by atoms with van der Waals surface area (Å²) in [4.78, 5) is 10.9. The number of rotatable bonds is 3. The second-order valence-corrected chi connectivity index (χ2v) is 4.12. The Morgan fingerprint density at radius 3 is 2.60 bits per heavy atom. The summed E-state index contributed by atoms with van der Waals surface area (Å²) >= 11 is 0. The van der Waals surface area contributed by atoms with Gasteiger partial charge in [0.05, 0.1) is 11.7 Å². The van der Waals surface area contributed by atoms with Crippen LogP contribution < -0.4 is 5.11 Å². The lowest BCUT2D eigenvalue weighted by molar-refractivity contribution is -0.255. The molecule has 3 rings (SSSR count). The van der Waals surface area contributed by atoms with Crippen LogP contribution in [0.15, 0.2) is 54.6 Å². The van der Waals surface area contributed by atoms with Crippen molar-refractivity contribution in [2.45, 2.75) is 0 Å². The van der Waals surface area contributed by atoms with Crippen LogP contribution in [-0.2, 0) is 0 Å². The topological polar surface area (TPSA) is 83.7 Å². The van der Waals surface area contributed by atoms with Crippen LogP contribution in [0.2, 0.25) is 0 Å². The zero-order valence-electron chi connectivity index (χ0n) is 10.3. The number of carbonyl (C=O) groups excluding carboxylic acids is 1. The molecule has 0 aliphatic rings. The van der Waals surface area contributed by atoms with E-state index in [4.69, 9.17) is 0 Å². The molecule has 0 unspecified atom stereocenters. The Balaban J connectivity index is 2.10. The van der Waals surface area contributed by atoms with E-state index in [9.17, 15) is 9.90 Å². The molecule has 1 aromatic heterocycles.